The van der Waals surface area contributed by atoms with Gasteiger partial charge in [0.2, 0.25) is 0 Å². The molecule has 0 fully saturated rings. The highest BCUT2D eigenvalue weighted by Gasteiger charge is 2.31. The van der Waals surface area contributed by atoms with Crippen LogP contribution in [0.5, 0.6) is 0 Å². The molecule has 11 heteroatoms. The molecular weight excluding hydrogens is 575 g/mol. The Kier molecular flexibility index (Phi) is 8.63. The third-order valence-corrected chi connectivity index (χ3v) is 7.24. The lowest BCUT2D eigenvalue weighted by Gasteiger charge is -2.32. The van der Waals surface area contributed by atoms with E-state index >= 15 is 0 Å². The fraction of sp³-hybridized carbons (Fsp3) is 0.226. The maximum absolute atomic E-state index is 13.6. The number of rotatable bonds is 8. The Balaban J connectivity index is 1.35. The fourth-order valence-electron chi connectivity index (χ4n) is 4.89. The van der Waals surface area contributed by atoms with Crippen molar-refractivity contribution in [2.24, 2.45) is 0 Å². The number of carbonyl (C=O) groups excluding carboxylic acids is 1. The first kappa shape index (κ1) is 29.3. The maximum Gasteiger partial charge on any atom is 0.416 e. The van der Waals surface area contributed by atoms with Gasteiger partial charge in [-0.05, 0) is 70.3 Å². The number of anilines is 2. The minimum Gasteiger partial charge on any atom is -0.367 e. The molecule has 218 valence electrons. The topological polar surface area (TPSA) is 57.3 Å². The molecule has 42 heavy (non-hydrogen) atoms. The molecule has 0 bridgehead atoms. The van der Waals surface area contributed by atoms with Gasteiger partial charge in [-0.2, -0.15) is 13.2 Å². The Morgan fingerprint density at radius 2 is 1.76 bits per heavy atom. The van der Waals surface area contributed by atoms with Gasteiger partial charge in [0, 0.05) is 48.5 Å². The first-order valence-corrected chi connectivity index (χ1v) is 13.5. The van der Waals surface area contributed by atoms with Crippen molar-refractivity contribution < 1.29 is 26.7 Å². The van der Waals surface area contributed by atoms with E-state index in [1.165, 1.54) is 6.07 Å². The summed E-state index contributed by atoms with van der Waals surface area (Å²) in [4.78, 5) is 19.6. The predicted molar refractivity (Wildman–Crippen MR) is 153 cm³/mol. The van der Waals surface area contributed by atoms with Gasteiger partial charge in [-0.15, -0.1) is 0 Å². The van der Waals surface area contributed by atoms with Crippen molar-refractivity contribution in [1.82, 2.24) is 10.3 Å². The van der Waals surface area contributed by atoms with Crippen LogP contribution < -0.4 is 15.5 Å². The van der Waals surface area contributed by atoms with Crippen molar-refractivity contribution in [3.63, 3.8) is 0 Å². The average Bonchev–Trinajstić information content (AvgIpc) is 2.99. The van der Waals surface area contributed by atoms with Crippen molar-refractivity contribution in [1.29, 1.82) is 0 Å². The maximum atomic E-state index is 13.6. The van der Waals surface area contributed by atoms with Gasteiger partial charge in [-0.25, -0.2) is 13.8 Å². The fourth-order valence-corrected chi connectivity index (χ4v) is 5.08. The number of amides is 1. The molecule has 3 aromatic carbocycles. The zero-order valence-electron chi connectivity index (χ0n) is 22.2. The molecule has 0 spiro atoms. The van der Waals surface area contributed by atoms with E-state index in [1.54, 1.807) is 42.6 Å². The summed E-state index contributed by atoms with van der Waals surface area (Å²) < 4.78 is 66.4. The molecule has 1 aliphatic rings. The standard InChI is InChI=1S/C31H26ClF5N4O/c32-27-5-4-23(15-34)25(12-27)18-41-7-6-38-29-28(41)13-24(17-39-29)21-2-1-3-22(11-21)30(42)40-16-20-8-19(14-33)9-26(10-20)31(35,36)37/h1-5,8-13,17H,6-7,14-16,18H2,(H,38,39)(H,40,42). The number of aromatic nitrogens is 1. The third kappa shape index (κ3) is 6.65. The van der Waals surface area contributed by atoms with Crippen LogP contribution in [0.2, 0.25) is 5.02 Å². The molecule has 4 aromatic rings. The van der Waals surface area contributed by atoms with Gasteiger partial charge in [0.1, 0.15) is 19.2 Å². The van der Waals surface area contributed by atoms with E-state index in [0.717, 1.165) is 28.9 Å². The van der Waals surface area contributed by atoms with Gasteiger partial charge >= 0.3 is 6.18 Å². The molecule has 1 amide bonds. The second-order valence-corrected chi connectivity index (χ2v) is 10.4. The van der Waals surface area contributed by atoms with Gasteiger partial charge in [-0.1, -0.05) is 35.9 Å². The number of hydrogen-bond acceptors (Lipinski definition) is 4. The van der Waals surface area contributed by atoms with Crippen LogP contribution in [-0.4, -0.2) is 24.0 Å². The highest BCUT2D eigenvalue weighted by Crippen LogP contribution is 2.34. The summed E-state index contributed by atoms with van der Waals surface area (Å²) in [5.74, 6) is 0.182. The molecule has 0 saturated heterocycles. The number of nitrogens with zero attached hydrogens (tertiary/aromatic N) is 2. The number of hydrogen-bond donors (Lipinski definition) is 2. The van der Waals surface area contributed by atoms with Crippen LogP contribution in [0.1, 0.15) is 38.2 Å². The Bertz CT molecular complexity index is 1610. The normalized spacial score (nSPS) is 13.0. The first-order valence-electron chi connectivity index (χ1n) is 13.1. The molecule has 5 rings (SSSR count). The molecule has 2 heterocycles. The summed E-state index contributed by atoms with van der Waals surface area (Å²) in [6, 6.07) is 16.8. The van der Waals surface area contributed by atoms with E-state index in [-0.39, 0.29) is 17.7 Å². The van der Waals surface area contributed by atoms with Crippen molar-refractivity contribution in [2.45, 2.75) is 32.6 Å². The molecule has 0 unspecified atom stereocenters. The molecule has 5 nitrogen and oxygen atoms in total. The van der Waals surface area contributed by atoms with E-state index in [9.17, 15) is 26.7 Å². The van der Waals surface area contributed by atoms with Crippen LogP contribution in [-0.2, 0) is 32.6 Å². The summed E-state index contributed by atoms with van der Waals surface area (Å²) in [7, 11) is 0. The monoisotopic (exact) mass is 600 g/mol. The van der Waals surface area contributed by atoms with Crippen molar-refractivity contribution >= 4 is 29.0 Å². The number of pyridine rings is 1. The predicted octanol–water partition coefficient (Wildman–Crippen LogP) is 7.72. The van der Waals surface area contributed by atoms with Crippen molar-refractivity contribution in [2.75, 3.05) is 23.3 Å². The van der Waals surface area contributed by atoms with Crippen molar-refractivity contribution in [3.05, 3.63) is 111 Å². The summed E-state index contributed by atoms with van der Waals surface area (Å²) in [5.41, 5.74) is 2.95. The van der Waals surface area contributed by atoms with E-state index in [0.29, 0.717) is 47.2 Å². The smallest absolute Gasteiger partial charge is 0.367 e. The second-order valence-electron chi connectivity index (χ2n) is 9.92. The van der Waals surface area contributed by atoms with E-state index in [1.807, 2.05) is 12.1 Å². The van der Waals surface area contributed by atoms with Gasteiger partial charge < -0.3 is 15.5 Å². The highest BCUT2D eigenvalue weighted by atomic mass is 35.5. The van der Waals surface area contributed by atoms with Crippen LogP contribution in [0.15, 0.2) is 72.9 Å². The summed E-state index contributed by atoms with van der Waals surface area (Å²) in [6.45, 7) is -0.126. The summed E-state index contributed by atoms with van der Waals surface area (Å²) in [6.07, 6.45) is -2.95. The molecule has 1 aromatic heterocycles. The zero-order valence-corrected chi connectivity index (χ0v) is 23.0. The minimum absolute atomic E-state index is 0.115. The zero-order chi connectivity index (χ0) is 29.9. The van der Waals surface area contributed by atoms with Crippen LogP contribution in [0.3, 0.4) is 0 Å². The first-order chi connectivity index (χ1) is 20.1. The van der Waals surface area contributed by atoms with Crippen molar-refractivity contribution in [3.8, 4) is 11.1 Å². The number of alkyl halides is 5. The Morgan fingerprint density at radius 3 is 2.52 bits per heavy atom. The lowest BCUT2D eigenvalue weighted by Crippen LogP contribution is -2.34. The Labute approximate surface area is 244 Å². The quantitative estimate of drug-likeness (QED) is 0.203. The summed E-state index contributed by atoms with van der Waals surface area (Å²) >= 11 is 6.17. The van der Waals surface area contributed by atoms with Gasteiger partial charge in [0.25, 0.3) is 5.91 Å². The second kappa shape index (κ2) is 12.4. The SMILES string of the molecule is O=C(NCc1cc(CF)cc(C(F)(F)F)c1)c1cccc(-c2cnc3c(c2)N(Cc2cc(Cl)ccc2CF)CCN3)c1. The van der Waals surface area contributed by atoms with Crippen LogP contribution in [0, 0.1) is 0 Å². The Morgan fingerprint density at radius 1 is 0.952 bits per heavy atom. The molecular formula is C31H26ClF5N4O. The lowest BCUT2D eigenvalue weighted by molar-refractivity contribution is -0.137. The van der Waals surface area contributed by atoms with Gasteiger partial charge in [-0.3, -0.25) is 4.79 Å². The van der Waals surface area contributed by atoms with E-state index < -0.39 is 31.0 Å². The molecule has 0 atom stereocenters. The number of benzene rings is 3. The number of carbonyl (C=O) groups is 1. The van der Waals surface area contributed by atoms with Crippen LogP contribution in [0.4, 0.5) is 33.5 Å². The van der Waals surface area contributed by atoms with Crippen LogP contribution in [0.25, 0.3) is 11.1 Å². The Hall–Kier alpha value is -4.18. The van der Waals surface area contributed by atoms with E-state index in [2.05, 4.69) is 20.5 Å². The van der Waals surface area contributed by atoms with Gasteiger partial charge in [0.15, 0.2) is 0 Å². The van der Waals surface area contributed by atoms with E-state index in [4.69, 9.17) is 11.6 Å². The molecule has 2 N–H and O–H groups in total. The molecule has 0 saturated carbocycles. The third-order valence-electron chi connectivity index (χ3n) is 7.00. The van der Waals surface area contributed by atoms with Gasteiger partial charge in [0.05, 0.1) is 11.3 Å². The molecule has 0 radical (unpaired) electrons. The molecule has 0 aliphatic carbocycles. The number of nitrogens with one attached hydrogen (secondary N) is 2. The summed E-state index contributed by atoms with van der Waals surface area (Å²) in [5, 5.41) is 6.41. The average molecular weight is 601 g/mol. The largest absolute Gasteiger partial charge is 0.416 e. The minimum atomic E-state index is -4.63. The van der Waals surface area contributed by atoms with Crippen LogP contribution >= 0.6 is 11.6 Å². The number of fused-ring (bicyclic) bond motifs is 1. The lowest BCUT2D eigenvalue weighted by atomic mass is 10.0. The molecule has 1 aliphatic heterocycles. The highest BCUT2D eigenvalue weighted by molar-refractivity contribution is 6.30. The number of halogens is 6.